The summed E-state index contributed by atoms with van der Waals surface area (Å²) in [6.07, 6.45) is 0. The molecule has 0 unspecified atom stereocenters. The van der Waals surface area contributed by atoms with E-state index in [0.29, 0.717) is 5.11 Å². The van der Waals surface area contributed by atoms with E-state index in [1.807, 2.05) is 25.7 Å². The van der Waals surface area contributed by atoms with Crippen molar-refractivity contribution in [3.8, 4) is 0 Å². The highest BCUT2D eigenvalue weighted by Crippen LogP contribution is 2.12. The second-order valence-corrected chi connectivity index (χ2v) is 5.35. The van der Waals surface area contributed by atoms with E-state index in [1.165, 1.54) is 5.56 Å². The van der Waals surface area contributed by atoms with Gasteiger partial charge >= 0.3 is 0 Å². The molecule has 0 aromatic carbocycles. The summed E-state index contributed by atoms with van der Waals surface area (Å²) in [4.78, 5) is 4.50. The number of thiocarbonyl (C=S) groups is 1. The Kier molecular flexibility index (Phi) is 6.29. The van der Waals surface area contributed by atoms with Crippen LogP contribution >= 0.6 is 24.0 Å². The molecule has 0 bridgehead atoms. The van der Waals surface area contributed by atoms with Gasteiger partial charge in [-0.1, -0.05) is 0 Å². The lowest BCUT2D eigenvalue weighted by molar-refractivity contribution is 0.942. The van der Waals surface area contributed by atoms with E-state index < -0.39 is 0 Å². The molecule has 0 aliphatic heterocycles. The van der Waals surface area contributed by atoms with Crippen molar-refractivity contribution in [1.82, 2.24) is 15.6 Å². The van der Waals surface area contributed by atoms with Crippen molar-refractivity contribution in [3.05, 3.63) is 29.1 Å². The van der Waals surface area contributed by atoms with Crippen molar-refractivity contribution in [2.24, 2.45) is 0 Å². The molecular formula is C12H19N3S2. The quantitative estimate of drug-likeness (QED) is 0.632. The van der Waals surface area contributed by atoms with Crippen LogP contribution in [0.2, 0.25) is 0 Å². The number of nitrogens with one attached hydrogen (secondary N) is 2. The van der Waals surface area contributed by atoms with Crippen LogP contribution in [0, 0.1) is 13.8 Å². The monoisotopic (exact) mass is 269 g/mol. The van der Waals surface area contributed by atoms with Crippen molar-refractivity contribution in [3.63, 3.8) is 0 Å². The van der Waals surface area contributed by atoms with Gasteiger partial charge in [0.15, 0.2) is 5.11 Å². The van der Waals surface area contributed by atoms with Crippen molar-refractivity contribution in [1.29, 1.82) is 0 Å². The van der Waals surface area contributed by atoms with Crippen LogP contribution in [0.4, 0.5) is 0 Å². The molecule has 0 amide bonds. The van der Waals surface area contributed by atoms with E-state index in [1.54, 1.807) is 0 Å². The Labute approximate surface area is 113 Å². The van der Waals surface area contributed by atoms with E-state index in [2.05, 4.69) is 34.7 Å². The van der Waals surface area contributed by atoms with E-state index in [4.69, 9.17) is 12.2 Å². The summed E-state index contributed by atoms with van der Waals surface area (Å²) in [6, 6.07) is 4.24. The average Bonchev–Trinajstić information content (AvgIpc) is 2.27. The average molecular weight is 269 g/mol. The predicted molar refractivity (Wildman–Crippen MR) is 79.5 cm³/mol. The number of nitrogens with zero attached hydrogens (tertiary/aromatic N) is 1. The summed E-state index contributed by atoms with van der Waals surface area (Å²) in [5.41, 5.74) is 3.53. The molecule has 1 rings (SSSR count). The summed E-state index contributed by atoms with van der Waals surface area (Å²) in [6.45, 7) is 5.03. The third kappa shape index (κ3) is 5.89. The largest absolute Gasteiger partial charge is 0.366 e. The van der Waals surface area contributed by atoms with Gasteiger partial charge in [0, 0.05) is 30.8 Å². The number of hydrogen-bond donors (Lipinski definition) is 2. The first-order chi connectivity index (χ1) is 8.11. The smallest absolute Gasteiger partial charge is 0.166 e. The van der Waals surface area contributed by atoms with Crippen molar-refractivity contribution in [2.45, 2.75) is 19.6 Å². The van der Waals surface area contributed by atoms with Gasteiger partial charge in [0.05, 0.1) is 5.69 Å². The van der Waals surface area contributed by atoms with Crippen LogP contribution in [0.15, 0.2) is 12.1 Å². The lowest BCUT2D eigenvalue weighted by atomic mass is 10.2. The molecule has 2 N–H and O–H groups in total. The summed E-state index contributed by atoms with van der Waals surface area (Å²) >= 11 is 6.85. The van der Waals surface area contributed by atoms with E-state index in [0.717, 1.165) is 29.4 Å². The fourth-order valence-corrected chi connectivity index (χ4v) is 2.35. The molecule has 1 aromatic heterocycles. The van der Waals surface area contributed by atoms with Gasteiger partial charge in [-0.3, -0.25) is 4.98 Å². The van der Waals surface area contributed by atoms with Crippen LogP contribution in [-0.2, 0) is 5.75 Å². The first kappa shape index (κ1) is 14.3. The summed E-state index contributed by atoms with van der Waals surface area (Å²) in [5, 5.41) is 6.71. The summed E-state index contributed by atoms with van der Waals surface area (Å²) < 4.78 is 0. The predicted octanol–water partition coefficient (Wildman–Crippen LogP) is 2.03. The minimum absolute atomic E-state index is 0.704. The van der Waals surface area contributed by atoms with Crippen LogP contribution < -0.4 is 10.6 Å². The molecule has 0 fully saturated rings. The van der Waals surface area contributed by atoms with Crippen molar-refractivity contribution < 1.29 is 0 Å². The maximum Gasteiger partial charge on any atom is 0.166 e. The molecule has 5 heteroatoms. The molecule has 0 saturated heterocycles. The zero-order chi connectivity index (χ0) is 12.7. The minimum atomic E-state index is 0.704. The van der Waals surface area contributed by atoms with Gasteiger partial charge in [-0.25, -0.2) is 0 Å². The lowest BCUT2D eigenvalue weighted by Crippen LogP contribution is -2.33. The van der Waals surface area contributed by atoms with Crippen LogP contribution in [0.5, 0.6) is 0 Å². The van der Waals surface area contributed by atoms with Crippen molar-refractivity contribution >= 4 is 29.1 Å². The van der Waals surface area contributed by atoms with E-state index >= 15 is 0 Å². The molecule has 3 nitrogen and oxygen atoms in total. The van der Waals surface area contributed by atoms with Crippen LogP contribution in [0.1, 0.15) is 17.0 Å². The number of aryl methyl sites for hydroxylation is 2. The normalized spacial score (nSPS) is 10.1. The first-order valence-electron chi connectivity index (χ1n) is 5.59. The summed E-state index contributed by atoms with van der Waals surface area (Å²) in [5.74, 6) is 1.98. The lowest BCUT2D eigenvalue weighted by Gasteiger charge is -2.07. The fraction of sp³-hybridized carbons (Fsp3) is 0.500. The Morgan fingerprint density at radius 3 is 2.82 bits per heavy atom. The molecule has 0 radical (unpaired) electrons. The number of hydrogen-bond acceptors (Lipinski definition) is 3. The Morgan fingerprint density at radius 2 is 2.18 bits per heavy atom. The van der Waals surface area contributed by atoms with Gasteiger partial charge in [0.1, 0.15) is 0 Å². The second-order valence-electron chi connectivity index (χ2n) is 3.84. The highest BCUT2D eigenvalue weighted by Gasteiger charge is 1.98. The van der Waals surface area contributed by atoms with Gasteiger partial charge in [-0.05, 0) is 43.8 Å². The standard InChI is InChI=1S/C12H19N3S2/c1-9-6-10(2)15-11(7-9)8-17-5-4-14-12(16)13-3/h6-7H,4-5,8H2,1-3H3,(H2,13,14,16). The molecule has 0 saturated carbocycles. The Morgan fingerprint density at radius 1 is 1.41 bits per heavy atom. The minimum Gasteiger partial charge on any atom is -0.366 e. The van der Waals surface area contributed by atoms with Gasteiger partial charge in [0.2, 0.25) is 0 Å². The number of rotatable bonds is 5. The SMILES string of the molecule is CNC(=S)NCCSCc1cc(C)cc(C)n1. The first-order valence-corrected chi connectivity index (χ1v) is 7.15. The highest BCUT2D eigenvalue weighted by molar-refractivity contribution is 7.98. The molecule has 0 aliphatic carbocycles. The molecule has 0 atom stereocenters. The van der Waals surface area contributed by atoms with Gasteiger partial charge in [-0.2, -0.15) is 11.8 Å². The maximum absolute atomic E-state index is 4.99. The highest BCUT2D eigenvalue weighted by atomic mass is 32.2. The van der Waals surface area contributed by atoms with E-state index in [-0.39, 0.29) is 0 Å². The molecule has 17 heavy (non-hydrogen) atoms. The molecule has 94 valence electrons. The fourth-order valence-electron chi connectivity index (χ4n) is 1.50. The molecule has 1 heterocycles. The Bertz CT molecular complexity index is 360. The zero-order valence-electron chi connectivity index (χ0n) is 10.5. The molecule has 1 aromatic rings. The van der Waals surface area contributed by atoms with Gasteiger partial charge in [-0.15, -0.1) is 0 Å². The van der Waals surface area contributed by atoms with Crippen molar-refractivity contribution in [2.75, 3.05) is 19.3 Å². The maximum atomic E-state index is 4.99. The van der Waals surface area contributed by atoms with Crippen LogP contribution in [0.25, 0.3) is 0 Å². The Hall–Kier alpha value is -0.810. The number of thioether (sulfide) groups is 1. The Balaban J connectivity index is 2.24. The topological polar surface area (TPSA) is 37.0 Å². The third-order valence-electron chi connectivity index (χ3n) is 2.16. The number of pyridine rings is 1. The summed E-state index contributed by atoms with van der Waals surface area (Å²) in [7, 11) is 1.82. The second kappa shape index (κ2) is 7.50. The van der Waals surface area contributed by atoms with Gasteiger partial charge < -0.3 is 10.6 Å². The molecular weight excluding hydrogens is 250 g/mol. The third-order valence-corrected chi connectivity index (χ3v) is 3.50. The zero-order valence-corrected chi connectivity index (χ0v) is 12.2. The number of aromatic nitrogens is 1. The molecule has 0 spiro atoms. The van der Waals surface area contributed by atoms with E-state index in [9.17, 15) is 0 Å². The van der Waals surface area contributed by atoms with Gasteiger partial charge in [0.25, 0.3) is 0 Å². The van der Waals surface area contributed by atoms with Crippen LogP contribution in [0.3, 0.4) is 0 Å². The van der Waals surface area contributed by atoms with Crippen LogP contribution in [-0.4, -0.2) is 29.4 Å². The molecule has 0 aliphatic rings.